The van der Waals surface area contributed by atoms with Crippen LogP contribution in [0.4, 0.5) is 5.69 Å². The molecule has 0 atom stereocenters. The number of rotatable bonds is 5. The molecule has 0 saturated heterocycles. The summed E-state index contributed by atoms with van der Waals surface area (Å²) in [4.78, 5) is 25.0. The first-order chi connectivity index (χ1) is 13.2. The van der Waals surface area contributed by atoms with Crippen molar-refractivity contribution in [2.24, 2.45) is 0 Å². The second-order valence-electron chi connectivity index (χ2n) is 5.59. The van der Waals surface area contributed by atoms with E-state index >= 15 is 0 Å². The molecule has 134 valence electrons. The Morgan fingerprint density at radius 1 is 1.22 bits per heavy atom. The minimum Gasteiger partial charge on any atom is -0.324 e. The van der Waals surface area contributed by atoms with Crippen molar-refractivity contribution in [2.75, 3.05) is 5.32 Å². The lowest BCUT2D eigenvalue weighted by atomic mass is 10.2. The largest absolute Gasteiger partial charge is 0.324 e. The Hall–Kier alpha value is -3.10. The highest BCUT2D eigenvalue weighted by atomic mass is 35.5. The van der Waals surface area contributed by atoms with Crippen LogP contribution in [0.1, 0.15) is 5.69 Å². The van der Waals surface area contributed by atoms with Crippen LogP contribution in [0.2, 0.25) is 5.02 Å². The lowest BCUT2D eigenvalue weighted by Gasteiger charge is -2.12. The summed E-state index contributed by atoms with van der Waals surface area (Å²) < 4.78 is 1.52. The number of nitrogens with one attached hydrogen (secondary N) is 1. The molecule has 0 spiro atoms. The maximum Gasteiger partial charge on any atom is 0.230 e. The van der Waals surface area contributed by atoms with Crippen LogP contribution in [0.5, 0.6) is 0 Å². The van der Waals surface area contributed by atoms with Gasteiger partial charge in [-0.1, -0.05) is 17.7 Å². The van der Waals surface area contributed by atoms with Crippen LogP contribution in [-0.2, 0) is 11.2 Å². The molecule has 0 aliphatic carbocycles. The van der Waals surface area contributed by atoms with Crippen molar-refractivity contribution in [2.45, 2.75) is 6.42 Å². The van der Waals surface area contributed by atoms with Gasteiger partial charge in [0.05, 0.1) is 22.8 Å². The van der Waals surface area contributed by atoms with E-state index in [4.69, 9.17) is 11.6 Å². The minimum absolute atomic E-state index is 0.153. The number of benzene rings is 1. The summed E-state index contributed by atoms with van der Waals surface area (Å²) >= 11 is 7.76. The molecule has 0 aliphatic heterocycles. The number of hydrogen-bond donors (Lipinski definition) is 1. The van der Waals surface area contributed by atoms with E-state index in [0.29, 0.717) is 22.1 Å². The molecule has 3 heterocycles. The molecule has 0 aliphatic rings. The van der Waals surface area contributed by atoms with E-state index in [1.54, 1.807) is 30.6 Å². The van der Waals surface area contributed by atoms with Gasteiger partial charge in [-0.3, -0.25) is 9.78 Å². The fourth-order valence-corrected chi connectivity index (χ4v) is 3.61. The van der Waals surface area contributed by atoms with E-state index < -0.39 is 0 Å². The Labute approximate surface area is 163 Å². The van der Waals surface area contributed by atoms with E-state index in [1.807, 2.05) is 17.5 Å². The highest BCUT2D eigenvalue weighted by Gasteiger charge is 2.14. The molecule has 0 bridgehead atoms. The van der Waals surface area contributed by atoms with Crippen LogP contribution in [-0.4, -0.2) is 30.6 Å². The molecule has 1 N–H and O–H groups in total. The van der Waals surface area contributed by atoms with Crippen molar-refractivity contribution in [3.05, 3.63) is 71.5 Å². The van der Waals surface area contributed by atoms with Gasteiger partial charge in [0.15, 0.2) is 0 Å². The molecule has 4 rings (SSSR count). The molecule has 3 aromatic heterocycles. The Morgan fingerprint density at radius 2 is 2.15 bits per heavy atom. The van der Waals surface area contributed by atoms with Gasteiger partial charge in [-0.15, -0.1) is 11.3 Å². The molecule has 1 amide bonds. The van der Waals surface area contributed by atoms with Crippen LogP contribution in [0.3, 0.4) is 0 Å². The lowest BCUT2D eigenvalue weighted by Crippen LogP contribution is -2.16. The van der Waals surface area contributed by atoms with Crippen molar-refractivity contribution in [3.8, 4) is 16.3 Å². The van der Waals surface area contributed by atoms with Crippen LogP contribution < -0.4 is 5.32 Å². The fourth-order valence-electron chi connectivity index (χ4n) is 2.54. The van der Waals surface area contributed by atoms with Gasteiger partial charge >= 0.3 is 0 Å². The number of halogens is 1. The van der Waals surface area contributed by atoms with Gasteiger partial charge in [0.25, 0.3) is 0 Å². The van der Waals surface area contributed by atoms with Crippen molar-refractivity contribution < 1.29 is 4.79 Å². The molecule has 1 aromatic carbocycles. The second-order valence-corrected chi connectivity index (χ2v) is 6.85. The summed E-state index contributed by atoms with van der Waals surface area (Å²) in [5.74, 6) is -0.193. The first-order valence-electron chi connectivity index (χ1n) is 7.99. The Morgan fingerprint density at radius 3 is 2.93 bits per heavy atom. The standard InChI is InChI=1S/C18H13ClN6OS/c19-14-4-1-5-15(17(14)25-11-21-10-22-25)24-16(26)7-13-9-27-18(23-13)12-3-2-6-20-8-12/h1-6,8-11H,7H2,(H,24,26). The number of anilines is 1. The van der Waals surface area contributed by atoms with Crippen molar-refractivity contribution in [1.29, 1.82) is 0 Å². The summed E-state index contributed by atoms with van der Waals surface area (Å²) in [5, 5.41) is 10.1. The molecule has 27 heavy (non-hydrogen) atoms. The Kier molecular flexibility index (Phi) is 4.91. The van der Waals surface area contributed by atoms with E-state index in [1.165, 1.54) is 28.7 Å². The van der Waals surface area contributed by atoms with Crippen LogP contribution in [0, 0.1) is 0 Å². The van der Waals surface area contributed by atoms with Crippen LogP contribution in [0.25, 0.3) is 16.3 Å². The average molecular weight is 397 g/mol. The van der Waals surface area contributed by atoms with Gasteiger partial charge in [0.2, 0.25) is 5.91 Å². The number of carbonyl (C=O) groups excluding carboxylic acids is 1. The monoisotopic (exact) mass is 396 g/mol. The summed E-state index contributed by atoms with van der Waals surface area (Å²) in [6.07, 6.45) is 6.55. The third-order valence-electron chi connectivity index (χ3n) is 3.71. The molecule has 9 heteroatoms. The second kappa shape index (κ2) is 7.65. The predicted molar refractivity (Wildman–Crippen MR) is 104 cm³/mol. The molecule has 0 saturated carbocycles. The van der Waals surface area contributed by atoms with Gasteiger partial charge < -0.3 is 5.32 Å². The minimum atomic E-state index is -0.193. The van der Waals surface area contributed by atoms with E-state index in [-0.39, 0.29) is 12.3 Å². The number of carbonyl (C=O) groups is 1. The molecule has 0 fully saturated rings. The summed E-state index contributed by atoms with van der Waals surface area (Å²) in [7, 11) is 0. The third-order valence-corrected chi connectivity index (χ3v) is 4.96. The summed E-state index contributed by atoms with van der Waals surface area (Å²) in [5.41, 5.74) is 2.75. The molecular formula is C18H13ClN6OS. The maximum atomic E-state index is 12.5. The summed E-state index contributed by atoms with van der Waals surface area (Å²) in [6.45, 7) is 0. The number of pyridine rings is 1. The van der Waals surface area contributed by atoms with Crippen LogP contribution >= 0.6 is 22.9 Å². The average Bonchev–Trinajstić information content (AvgIpc) is 3.35. The zero-order valence-electron chi connectivity index (χ0n) is 13.9. The number of aromatic nitrogens is 5. The highest BCUT2D eigenvalue weighted by molar-refractivity contribution is 7.13. The molecule has 7 nitrogen and oxygen atoms in total. The maximum absolute atomic E-state index is 12.5. The van der Waals surface area contributed by atoms with Gasteiger partial charge in [-0.25, -0.2) is 14.6 Å². The van der Waals surface area contributed by atoms with E-state index in [9.17, 15) is 4.79 Å². The van der Waals surface area contributed by atoms with Crippen molar-refractivity contribution in [1.82, 2.24) is 24.7 Å². The van der Waals surface area contributed by atoms with Gasteiger partial charge in [0.1, 0.15) is 23.3 Å². The van der Waals surface area contributed by atoms with E-state index in [0.717, 1.165) is 10.6 Å². The predicted octanol–water partition coefficient (Wildman–Crippen LogP) is 3.62. The van der Waals surface area contributed by atoms with Crippen LogP contribution in [0.15, 0.2) is 60.8 Å². The lowest BCUT2D eigenvalue weighted by molar-refractivity contribution is -0.115. The zero-order chi connectivity index (χ0) is 18.6. The molecule has 0 radical (unpaired) electrons. The fraction of sp³-hybridized carbons (Fsp3) is 0.0556. The Balaban J connectivity index is 1.51. The summed E-state index contributed by atoms with van der Waals surface area (Å²) in [6, 6.07) is 9.05. The molecule has 0 unspecified atom stereocenters. The first kappa shape index (κ1) is 17.3. The molecule has 4 aromatic rings. The quantitative estimate of drug-likeness (QED) is 0.556. The smallest absolute Gasteiger partial charge is 0.230 e. The first-order valence-corrected chi connectivity index (χ1v) is 9.24. The normalized spacial score (nSPS) is 10.7. The number of para-hydroxylation sites is 1. The van der Waals surface area contributed by atoms with Crippen molar-refractivity contribution >= 4 is 34.5 Å². The van der Waals surface area contributed by atoms with E-state index in [2.05, 4.69) is 25.4 Å². The van der Waals surface area contributed by atoms with Gasteiger partial charge in [-0.2, -0.15) is 5.10 Å². The van der Waals surface area contributed by atoms with Crippen molar-refractivity contribution in [3.63, 3.8) is 0 Å². The highest BCUT2D eigenvalue weighted by Crippen LogP contribution is 2.28. The Bertz CT molecular complexity index is 1060. The number of nitrogens with zero attached hydrogens (tertiary/aromatic N) is 5. The molecular weight excluding hydrogens is 384 g/mol. The number of amides is 1. The number of thiazole rings is 1. The topological polar surface area (TPSA) is 85.6 Å². The van der Waals surface area contributed by atoms with Gasteiger partial charge in [0, 0.05) is 23.3 Å². The number of hydrogen-bond acceptors (Lipinski definition) is 6. The zero-order valence-corrected chi connectivity index (χ0v) is 15.5. The third kappa shape index (κ3) is 3.86. The van der Waals surface area contributed by atoms with Gasteiger partial charge in [-0.05, 0) is 24.3 Å². The SMILES string of the molecule is O=C(Cc1csc(-c2cccnc2)n1)Nc1cccc(Cl)c1-n1cncn1.